The average Bonchev–Trinajstić information content (AvgIpc) is 2.97. The molecule has 8 heteroatoms. The molecule has 3 aliphatic rings. The molecule has 2 aliphatic carbocycles. The van der Waals surface area contributed by atoms with Gasteiger partial charge in [0, 0.05) is 32.0 Å². The Morgan fingerprint density at radius 1 is 1.23 bits per heavy atom. The molecule has 4 rings (SSSR count). The van der Waals surface area contributed by atoms with E-state index in [1.165, 1.54) is 0 Å². The molecule has 2 unspecified atom stereocenters. The van der Waals surface area contributed by atoms with Crippen LogP contribution >= 0.6 is 0 Å². The summed E-state index contributed by atoms with van der Waals surface area (Å²) >= 11 is 0. The van der Waals surface area contributed by atoms with Crippen molar-refractivity contribution in [1.82, 2.24) is 4.72 Å². The van der Waals surface area contributed by atoms with Crippen LogP contribution in [0.3, 0.4) is 0 Å². The summed E-state index contributed by atoms with van der Waals surface area (Å²) in [6.07, 6.45) is 3.39. The molecule has 2 N–H and O–H groups in total. The van der Waals surface area contributed by atoms with Gasteiger partial charge in [-0.05, 0) is 41.9 Å². The first-order valence-corrected chi connectivity index (χ1v) is 12.4. The van der Waals surface area contributed by atoms with Gasteiger partial charge in [0.2, 0.25) is 10.0 Å². The summed E-state index contributed by atoms with van der Waals surface area (Å²) in [7, 11) is -0.633. The molecular formula is C23H32N2O5S. The molecule has 1 aromatic rings. The van der Waals surface area contributed by atoms with E-state index in [0.717, 1.165) is 17.7 Å². The second-order valence-corrected chi connectivity index (χ2v) is 11.3. The molecular weight excluding hydrogens is 416 g/mol. The highest BCUT2D eigenvalue weighted by atomic mass is 32.2. The van der Waals surface area contributed by atoms with Crippen LogP contribution in [0.4, 0.5) is 5.69 Å². The molecule has 170 valence electrons. The third-order valence-corrected chi connectivity index (χ3v) is 9.20. The summed E-state index contributed by atoms with van der Waals surface area (Å²) in [6, 6.07) is 7.66. The van der Waals surface area contributed by atoms with Crippen molar-refractivity contribution in [2.24, 2.45) is 22.7 Å². The Hall–Kier alpha value is -1.90. The lowest BCUT2D eigenvalue weighted by Gasteiger charge is -2.36. The fraction of sp³-hybridized carbons (Fsp3) is 0.609. The summed E-state index contributed by atoms with van der Waals surface area (Å²) in [5, 5.41) is 3.34. The van der Waals surface area contributed by atoms with Crippen LogP contribution in [0.5, 0.6) is 0 Å². The number of methoxy groups -OCH3 is 2. The molecule has 2 saturated carbocycles. The lowest BCUT2D eigenvalue weighted by Crippen LogP contribution is -2.46. The zero-order valence-electron chi connectivity index (χ0n) is 18.6. The first kappa shape index (κ1) is 22.3. The molecule has 2 fully saturated rings. The smallest absolute Gasteiger partial charge is 0.233 e. The van der Waals surface area contributed by atoms with Crippen molar-refractivity contribution in [3.63, 3.8) is 0 Å². The number of hydrogen-bond acceptors (Lipinski definition) is 6. The van der Waals surface area contributed by atoms with Crippen molar-refractivity contribution < 1.29 is 22.7 Å². The van der Waals surface area contributed by atoms with Gasteiger partial charge in [0.05, 0.1) is 23.7 Å². The molecule has 2 bridgehead atoms. The van der Waals surface area contributed by atoms with Gasteiger partial charge in [-0.15, -0.1) is 0 Å². The number of fused-ring (bicyclic) bond motifs is 3. The molecule has 1 heterocycles. The Morgan fingerprint density at radius 2 is 1.97 bits per heavy atom. The van der Waals surface area contributed by atoms with Gasteiger partial charge in [0.25, 0.3) is 0 Å². The van der Waals surface area contributed by atoms with Gasteiger partial charge in [0.15, 0.2) is 0 Å². The standard InChI is InChI=1S/C23H32N2O5S/c1-22(2)16-9-10-23(22,20(26)12-16)14-31(27,28)25-19-11-15-7-5-6-8-18(15)24-21(30-4)17(19)13-29-3/h5-8,11,16-17,21,24-25H,9-10,12-14H2,1-4H3/t16-,17?,21?,23-/m1/s1. The van der Waals surface area contributed by atoms with Crippen molar-refractivity contribution >= 4 is 27.6 Å². The molecule has 0 saturated heterocycles. The first-order valence-electron chi connectivity index (χ1n) is 10.8. The number of nitrogens with one attached hydrogen (secondary N) is 2. The highest BCUT2D eigenvalue weighted by Gasteiger charge is 2.65. The largest absolute Gasteiger partial charge is 0.384 e. The molecule has 4 atom stereocenters. The van der Waals surface area contributed by atoms with Crippen LogP contribution < -0.4 is 10.0 Å². The minimum absolute atomic E-state index is 0.0872. The number of sulfonamides is 1. The van der Waals surface area contributed by atoms with Gasteiger partial charge in [-0.1, -0.05) is 32.0 Å². The van der Waals surface area contributed by atoms with Gasteiger partial charge in [-0.3, -0.25) is 9.52 Å². The number of ketones is 1. The van der Waals surface area contributed by atoms with Crippen LogP contribution in [0.2, 0.25) is 0 Å². The average molecular weight is 449 g/mol. The van der Waals surface area contributed by atoms with Gasteiger partial charge < -0.3 is 14.8 Å². The highest BCUT2D eigenvalue weighted by Crippen LogP contribution is 2.64. The quantitative estimate of drug-likeness (QED) is 0.666. The van der Waals surface area contributed by atoms with Crippen LogP contribution in [-0.4, -0.2) is 47.0 Å². The molecule has 1 aliphatic heterocycles. The Morgan fingerprint density at radius 3 is 2.58 bits per heavy atom. The SMILES string of the molecule is COCC1C(NS(=O)(=O)C[C@]23CC[C@H](CC2=O)C3(C)C)=Cc2ccccc2NC1OC. The van der Waals surface area contributed by atoms with Gasteiger partial charge in [-0.25, -0.2) is 8.42 Å². The van der Waals surface area contributed by atoms with Crippen molar-refractivity contribution in [1.29, 1.82) is 0 Å². The minimum Gasteiger partial charge on any atom is -0.384 e. The number of para-hydroxylation sites is 1. The number of carbonyl (C=O) groups excluding carboxylic acids is 1. The van der Waals surface area contributed by atoms with E-state index in [-0.39, 0.29) is 35.4 Å². The number of carbonyl (C=O) groups is 1. The number of benzene rings is 1. The molecule has 0 aromatic heterocycles. The summed E-state index contributed by atoms with van der Waals surface area (Å²) in [6.45, 7) is 4.36. The van der Waals surface area contributed by atoms with E-state index in [4.69, 9.17) is 9.47 Å². The third-order valence-electron chi connectivity index (χ3n) is 7.78. The Balaban J connectivity index is 1.68. The second-order valence-electron chi connectivity index (χ2n) is 9.58. The van der Waals surface area contributed by atoms with Crippen molar-refractivity contribution in [2.45, 2.75) is 39.3 Å². The Bertz CT molecular complexity index is 1000. The predicted octanol–water partition coefficient (Wildman–Crippen LogP) is 3.00. The molecule has 31 heavy (non-hydrogen) atoms. The van der Waals surface area contributed by atoms with E-state index < -0.39 is 21.7 Å². The lowest BCUT2D eigenvalue weighted by atomic mass is 9.70. The van der Waals surface area contributed by atoms with Gasteiger partial charge in [0.1, 0.15) is 12.0 Å². The number of ether oxygens (including phenoxy) is 2. The molecule has 0 spiro atoms. The monoisotopic (exact) mass is 448 g/mol. The molecule has 0 radical (unpaired) electrons. The molecule has 7 nitrogen and oxygen atoms in total. The number of rotatable bonds is 7. The lowest BCUT2D eigenvalue weighted by molar-refractivity contribution is -0.128. The normalized spacial score (nSPS) is 31.5. The Kier molecular flexibility index (Phi) is 5.69. The number of Topliss-reactive ketones (excluding diaryl/α,β-unsaturated/α-hetero) is 1. The topological polar surface area (TPSA) is 93.7 Å². The summed E-state index contributed by atoms with van der Waals surface area (Å²) in [5.74, 6) is -0.212. The van der Waals surface area contributed by atoms with Crippen LogP contribution in [-0.2, 0) is 24.3 Å². The van der Waals surface area contributed by atoms with Crippen LogP contribution in [0, 0.1) is 22.7 Å². The zero-order chi connectivity index (χ0) is 22.4. The van der Waals surface area contributed by atoms with Crippen LogP contribution in [0.1, 0.15) is 38.7 Å². The summed E-state index contributed by atoms with van der Waals surface area (Å²) in [4.78, 5) is 12.9. The summed E-state index contributed by atoms with van der Waals surface area (Å²) < 4.78 is 40.7. The van der Waals surface area contributed by atoms with E-state index in [2.05, 4.69) is 10.0 Å². The predicted molar refractivity (Wildman–Crippen MR) is 120 cm³/mol. The second kappa shape index (κ2) is 7.90. The third kappa shape index (κ3) is 3.68. The highest BCUT2D eigenvalue weighted by molar-refractivity contribution is 7.89. The fourth-order valence-electron chi connectivity index (χ4n) is 5.78. The fourth-order valence-corrected chi connectivity index (χ4v) is 7.75. The van der Waals surface area contributed by atoms with Crippen LogP contribution in [0.25, 0.3) is 6.08 Å². The van der Waals surface area contributed by atoms with E-state index in [1.807, 2.05) is 44.2 Å². The maximum atomic E-state index is 13.4. The minimum atomic E-state index is -3.79. The Labute approximate surface area is 184 Å². The molecule has 1 aromatic carbocycles. The summed E-state index contributed by atoms with van der Waals surface area (Å²) in [5.41, 5.74) is 1.08. The van der Waals surface area contributed by atoms with Gasteiger partial charge >= 0.3 is 0 Å². The van der Waals surface area contributed by atoms with E-state index in [0.29, 0.717) is 18.5 Å². The van der Waals surface area contributed by atoms with E-state index in [9.17, 15) is 13.2 Å². The van der Waals surface area contributed by atoms with E-state index >= 15 is 0 Å². The van der Waals surface area contributed by atoms with Crippen LogP contribution in [0.15, 0.2) is 30.0 Å². The molecule has 0 amide bonds. The first-order chi connectivity index (χ1) is 14.6. The van der Waals surface area contributed by atoms with Crippen molar-refractivity contribution in [2.75, 3.05) is 31.9 Å². The maximum Gasteiger partial charge on any atom is 0.233 e. The zero-order valence-corrected chi connectivity index (χ0v) is 19.4. The maximum absolute atomic E-state index is 13.4. The van der Waals surface area contributed by atoms with E-state index in [1.54, 1.807) is 14.2 Å². The van der Waals surface area contributed by atoms with Gasteiger partial charge in [-0.2, -0.15) is 0 Å². The number of anilines is 1. The van der Waals surface area contributed by atoms with Crippen molar-refractivity contribution in [3.8, 4) is 0 Å². The van der Waals surface area contributed by atoms with Crippen molar-refractivity contribution in [3.05, 3.63) is 35.5 Å². The number of hydrogen-bond donors (Lipinski definition) is 2.